The van der Waals surface area contributed by atoms with Crippen molar-refractivity contribution in [2.45, 2.75) is 69.4 Å². The van der Waals surface area contributed by atoms with E-state index in [-0.39, 0.29) is 92.2 Å². The number of nitrogens with zero attached hydrogens (tertiary/aromatic N) is 35. The summed E-state index contributed by atoms with van der Waals surface area (Å²) in [7, 11) is 0. The lowest BCUT2D eigenvalue weighted by atomic mass is 10.2. The normalized spacial score (nSPS) is 19.3. The van der Waals surface area contributed by atoms with E-state index in [1.165, 1.54) is 29.4 Å². The van der Waals surface area contributed by atoms with Gasteiger partial charge >= 0.3 is 6.18 Å². The zero-order valence-corrected chi connectivity index (χ0v) is 59.4. The second-order valence-corrected chi connectivity index (χ2v) is 23.3. The summed E-state index contributed by atoms with van der Waals surface area (Å²) in [5, 5.41) is 149. The third kappa shape index (κ3) is 34.3. The van der Waals surface area contributed by atoms with Gasteiger partial charge in [-0.25, -0.2) is 33.8 Å². The molecular formula is C67H81F4N35O. The summed E-state index contributed by atoms with van der Waals surface area (Å²) in [6, 6.07) is 30.1. The minimum Gasteiger partial charge on any atom is -0.350 e. The maximum Gasteiger partial charge on any atom is 0.417 e. The van der Waals surface area contributed by atoms with Crippen molar-refractivity contribution in [2.24, 2.45) is 0 Å². The van der Waals surface area contributed by atoms with Crippen LogP contribution in [0.25, 0.3) is 0 Å². The Labute approximate surface area is 624 Å². The quantitative estimate of drug-likeness (QED) is 0.0511. The van der Waals surface area contributed by atoms with Gasteiger partial charge in [0.05, 0.1) is 282 Å². The minimum absolute atomic E-state index is 0.0236. The lowest BCUT2D eigenvalue weighted by Crippen LogP contribution is -2.66. The van der Waals surface area contributed by atoms with Crippen LogP contribution >= 0.6 is 0 Å². The van der Waals surface area contributed by atoms with Gasteiger partial charge in [0.15, 0.2) is 30.6 Å². The van der Waals surface area contributed by atoms with Gasteiger partial charge in [0.1, 0.15) is 0 Å². The first kappa shape index (κ1) is 93.5. The van der Waals surface area contributed by atoms with Gasteiger partial charge in [-0.1, -0.05) is 17.8 Å². The third-order valence-electron chi connectivity index (χ3n) is 15.3. The number of terminal acetylenes is 4. The van der Waals surface area contributed by atoms with E-state index < -0.39 is 50.0 Å². The van der Waals surface area contributed by atoms with Gasteiger partial charge < -0.3 is 4.74 Å². The Hall–Kier alpha value is -11.5. The number of hydrogen-bond donors (Lipinski definition) is 0. The number of nitriles is 17. The molecule has 6 saturated heterocycles. The Bertz CT molecular complexity index is 3360. The van der Waals surface area contributed by atoms with Crippen molar-refractivity contribution in [2.75, 3.05) is 205 Å². The van der Waals surface area contributed by atoms with E-state index in [4.69, 9.17) is 120 Å². The molecule has 0 N–H and O–H groups in total. The van der Waals surface area contributed by atoms with Crippen molar-refractivity contribution < 1.29 is 22.3 Å². The summed E-state index contributed by atoms with van der Waals surface area (Å²) in [4.78, 5) is 30.3. The fourth-order valence-corrected chi connectivity index (χ4v) is 11.1. The smallest absolute Gasteiger partial charge is 0.350 e. The Balaban J connectivity index is 0.000000644. The highest BCUT2D eigenvalue weighted by Crippen LogP contribution is 2.30. The summed E-state index contributed by atoms with van der Waals surface area (Å²) < 4.78 is 58.4. The van der Waals surface area contributed by atoms with Crippen molar-refractivity contribution in [1.82, 2.24) is 88.2 Å². The first-order valence-electron chi connectivity index (χ1n) is 32.4. The molecule has 107 heavy (non-hydrogen) atoms. The summed E-state index contributed by atoms with van der Waals surface area (Å²) >= 11 is 0. The van der Waals surface area contributed by atoms with Gasteiger partial charge in [0.25, 0.3) is 0 Å². The fourth-order valence-electron chi connectivity index (χ4n) is 11.1. The largest absolute Gasteiger partial charge is 0.417 e. The van der Waals surface area contributed by atoms with Gasteiger partial charge in [-0.3, -0.25) is 58.8 Å². The monoisotopic (exact) mass is 1470 g/mol. The molecule has 0 radical (unpaired) electrons. The molecule has 0 saturated carbocycles. The predicted molar refractivity (Wildman–Crippen MR) is 365 cm³/mol. The van der Waals surface area contributed by atoms with Crippen LogP contribution < -0.4 is 0 Å². The fraction of sp³-hybridized carbons (Fsp3) is 0.627. The molecule has 6 rings (SSSR count). The summed E-state index contributed by atoms with van der Waals surface area (Å²) in [5.74, 6) is 9.87. The van der Waals surface area contributed by atoms with Gasteiger partial charge in [0, 0.05) is 45.5 Å². The highest BCUT2D eigenvalue weighted by atomic mass is 19.4. The zero-order chi connectivity index (χ0) is 80.0. The van der Waals surface area contributed by atoms with Crippen LogP contribution in [0.3, 0.4) is 0 Å². The summed E-state index contributed by atoms with van der Waals surface area (Å²) in [5.41, 5.74) is 0. The highest BCUT2D eigenvalue weighted by molar-refractivity contribution is 5.16. The van der Waals surface area contributed by atoms with Crippen LogP contribution in [-0.2, 0) is 4.74 Å². The lowest BCUT2D eigenvalue weighted by molar-refractivity contribution is -0.249. The van der Waals surface area contributed by atoms with Crippen molar-refractivity contribution in [1.29, 1.82) is 89.5 Å². The van der Waals surface area contributed by atoms with E-state index >= 15 is 0 Å². The van der Waals surface area contributed by atoms with Gasteiger partial charge in [-0.2, -0.15) is 103 Å². The van der Waals surface area contributed by atoms with E-state index in [2.05, 4.69) is 80.9 Å². The van der Waals surface area contributed by atoms with Crippen LogP contribution in [0.1, 0.15) is 26.2 Å². The van der Waals surface area contributed by atoms with Crippen LogP contribution in [0.2, 0.25) is 0 Å². The van der Waals surface area contributed by atoms with Gasteiger partial charge in [0.2, 0.25) is 6.42 Å². The predicted octanol–water partition coefficient (Wildman–Crippen LogP) is -1.03. The molecule has 0 aromatic rings. The van der Waals surface area contributed by atoms with E-state index in [1.54, 1.807) is 17.0 Å². The van der Waals surface area contributed by atoms with Gasteiger partial charge in [-0.05, 0) is 6.92 Å². The van der Waals surface area contributed by atoms with Crippen LogP contribution in [0, 0.1) is 242 Å². The molecule has 0 aliphatic carbocycles. The lowest BCUT2D eigenvalue weighted by Gasteiger charge is -2.46. The van der Waals surface area contributed by atoms with Crippen molar-refractivity contribution in [3.05, 3.63) is 0 Å². The van der Waals surface area contributed by atoms with Crippen LogP contribution in [-0.4, -0.2) is 336 Å². The average Bonchev–Trinajstić information content (AvgIpc) is 0.796. The summed E-state index contributed by atoms with van der Waals surface area (Å²) in [6.07, 6.45) is 14.5. The van der Waals surface area contributed by atoms with Crippen molar-refractivity contribution in [3.8, 4) is 153 Å². The number of rotatable bonds is 23. The topological polar surface area (TPSA) is 472 Å². The molecule has 2 unspecified atom stereocenters. The molecule has 6 aliphatic rings. The Morgan fingerprint density at radius 1 is 0.327 bits per heavy atom. The molecule has 6 heterocycles. The molecule has 0 bridgehead atoms. The highest BCUT2D eigenvalue weighted by Gasteiger charge is 2.50. The number of halogens is 4. The number of ether oxygens (including phenoxy) is 1. The van der Waals surface area contributed by atoms with Gasteiger partial charge in [-0.15, -0.1) is 31.6 Å². The van der Waals surface area contributed by atoms with Crippen LogP contribution in [0.5, 0.6) is 0 Å². The zero-order valence-electron chi connectivity index (χ0n) is 59.4. The standard InChI is InChI=1S/C13H10N8.C13H19N5.C11H16N6O.C10H11F3N6.C10H12FN5.C10H13N5/c1-2-11(3-14)19-8-20(12(4-15)5-16)10-21(9-19)13(6-17)7-18;1-2-3-8-16-11-17(9-4-6-14)13-18(12-16)10-5-7-15;1-2-18-11-16(7-4-13)9-15(6-3-12)10-17(11)8-5-14;11-10(12,13)9-18(5-2-15)7-17(4-1-14)8-19(9)6-3-16;1-2-5-15-8-14(6-3-12)9-16(7-4-13)10(15)11;1-2-5-13-8-14(6-3-11)10-15(9-13)7-4-12/h1,11-13H,8-10H2;1H,3-5,8-13H2;11H,2,6-10H2,1H3;9H,4-8H2;1,10H,5-9H2;1H,5-10H2. The molecule has 0 amide bonds. The second-order valence-electron chi connectivity index (χ2n) is 23.3. The number of hydrogen-bond acceptors (Lipinski definition) is 36. The molecule has 36 nitrogen and oxygen atoms in total. The van der Waals surface area contributed by atoms with E-state index in [9.17, 15) is 17.6 Å². The van der Waals surface area contributed by atoms with Crippen molar-refractivity contribution >= 4 is 0 Å². The van der Waals surface area contributed by atoms with Crippen LogP contribution in [0.15, 0.2) is 0 Å². The Morgan fingerprint density at radius 2 is 0.607 bits per heavy atom. The van der Waals surface area contributed by atoms with Crippen molar-refractivity contribution in [3.63, 3.8) is 0 Å². The molecule has 558 valence electrons. The molecule has 0 aromatic heterocycles. The molecule has 0 spiro atoms. The summed E-state index contributed by atoms with van der Waals surface area (Å²) in [6.45, 7) is 12.4. The molecule has 40 heteroatoms. The van der Waals surface area contributed by atoms with E-state index in [1.807, 2.05) is 84.9 Å². The second kappa shape index (κ2) is 55.1. The number of alkyl halides is 4. The maximum absolute atomic E-state index is 13.8. The van der Waals surface area contributed by atoms with E-state index in [0.717, 1.165) is 55.9 Å². The minimum atomic E-state index is -4.56. The van der Waals surface area contributed by atoms with Crippen LogP contribution in [0.4, 0.5) is 17.6 Å². The Kier molecular flexibility index (Phi) is 48.2. The maximum atomic E-state index is 13.8. The first-order valence-corrected chi connectivity index (χ1v) is 32.4. The molecule has 6 aliphatic heterocycles. The van der Waals surface area contributed by atoms with E-state index in [0.29, 0.717) is 79.1 Å². The third-order valence-corrected chi connectivity index (χ3v) is 15.3. The first-order chi connectivity index (χ1) is 51.7. The molecule has 6 fully saturated rings. The Morgan fingerprint density at radius 3 is 0.907 bits per heavy atom. The average molecular weight is 1470 g/mol. The molecule has 2 atom stereocenters. The molecular weight excluding hydrogens is 1390 g/mol. The SMILES string of the molecule is C#CC(C#N)N1CN(C(C#N)C#N)CN(C(C#N)C#N)C1.C#CCCN1CN(CCC#N)CN(CCC#N)C1.C#CCN1CN(CC#N)CN(CC#N)C1.C#CCN1CN(CC#N)CN(CC#N)C1F.CCOC1N(CC#N)CN(CC#N)CN1CC#N.N#CCN1CN(CC#N)C(C(F)(F)F)N(CC#N)C1. The molecule has 0 aromatic carbocycles.